The topological polar surface area (TPSA) is 77.8 Å². The largest absolute Gasteiger partial charge is 0.491 e. The molecule has 0 saturated carbocycles. The fraction of sp³-hybridized carbons (Fsp3) is 0.214. The Labute approximate surface area is 218 Å². The molecule has 4 heterocycles. The summed E-state index contributed by atoms with van der Waals surface area (Å²) in [5, 5.41) is 4.48. The van der Waals surface area contributed by atoms with Crippen molar-refractivity contribution in [2.45, 2.75) is 25.8 Å². The maximum Gasteiger partial charge on any atom is 0.223 e. The van der Waals surface area contributed by atoms with E-state index < -0.39 is 0 Å². The lowest BCUT2D eigenvalue weighted by Gasteiger charge is -2.19. The predicted octanol–water partition coefficient (Wildman–Crippen LogP) is 6.35. The molecule has 9 heteroatoms. The molecule has 3 aromatic heterocycles. The maximum atomic E-state index is 13.7. The zero-order valence-electron chi connectivity index (χ0n) is 20.2. The van der Waals surface area contributed by atoms with E-state index in [2.05, 4.69) is 19.9 Å². The minimum atomic E-state index is -0.289. The van der Waals surface area contributed by atoms with E-state index in [-0.39, 0.29) is 11.9 Å². The van der Waals surface area contributed by atoms with Crippen LogP contribution in [0.4, 0.5) is 10.3 Å². The van der Waals surface area contributed by atoms with Crippen molar-refractivity contribution in [2.75, 3.05) is 18.5 Å². The number of aromatic nitrogens is 5. The summed E-state index contributed by atoms with van der Waals surface area (Å²) in [5.41, 5.74) is 3.99. The molecule has 0 bridgehead atoms. The lowest BCUT2D eigenvalue weighted by atomic mass is 10.1. The Kier molecular flexibility index (Phi) is 6.18. The minimum Gasteiger partial charge on any atom is -0.491 e. The Hall–Kier alpha value is -4.04. The number of rotatable bonds is 7. The second-order valence-electron chi connectivity index (χ2n) is 8.86. The van der Waals surface area contributed by atoms with E-state index >= 15 is 0 Å². The number of halogens is 2. The summed E-state index contributed by atoms with van der Waals surface area (Å²) in [4.78, 5) is 18.5. The summed E-state index contributed by atoms with van der Waals surface area (Å²) in [5.74, 6) is 1.90. The van der Waals surface area contributed by atoms with Gasteiger partial charge in [-0.3, -0.25) is 0 Å². The highest BCUT2D eigenvalue weighted by Gasteiger charge is 2.31. The number of nitrogens with zero attached hydrogens (tertiary/aromatic N) is 5. The number of para-hydroxylation sites is 1. The maximum absolute atomic E-state index is 13.7. The van der Waals surface area contributed by atoms with Gasteiger partial charge < -0.3 is 14.6 Å². The number of pyridine rings is 1. The number of ether oxygens (including phenoxy) is 1. The van der Waals surface area contributed by atoms with Crippen LogP contribution in [0.25, 0.3) is 33.5 Å². The summed E-state index contributed by atoms with van der Waals surface area (Å²) in [7, 11) is 0. The van der Waals surface area contributed by atoms with Crippen molar-refractivity contribution in [3.8, 4) is 28.4 Å². The van der Waals surface area contributed by atoms with Crippen LogP contribution in [0.2, 0.25) is 5.15 Å². The molecule has 0 unspecified atom stereocenters. The number of benzene rings is 2. The Bertz CT molecular complexity index is 1590. The van der Waals surface area contributed by atoms with Gasteiger partial charge in [0.25, 0.3) is 0 Å². The van der Waals surface area contributed by atoms with Gasteiger partial charge in [0, 0.05) is 36.2 Å². The Balaban J connectivity index is 1.41. The number of hydrogen-bond acceptors (Lipinski definition) is 6. The molecule has 186 valence electrons. The van der Waals surface area contributed by atoms with E-state index in [0.717, 1.165) is 52.2 Å². The average molecular weight is 515 g/mol. The second kappa shape index (κ2) is 9.78. The highest BCUT2D eigenvalue weighted by atomic mass is 35.5. The molecular weight excluding hydrogens is 491 g/mol. The molecule has 2 aromatic carbocycles. The number of nitrogens with one attached hydrogen (secondary N) is 1. The molecule has 1 aliphatic heterocycles. The zero-order valence-corrected chi connectivity index (χ0v) is 20.9. The molecule has 7 nitrogen and oxygen atoms in total. The first-order chi connectivity index (χ1) is 18.1. The van der Waals surface area contributed by atoms with Crippen LogP contribution in [0.5, 0.6) is 5.75 Å². The first-order valence-corrected chi connectivity index (χ1v) is 12.6. The van der Waals surface area contributed by atoms with Crippen LogP contribution in [0.3, 0.4) is 0 Å². The summed E-state index contributed by atoms with van der Waals surface area (Å²) in [6.45, 7) is 3.13. The van der Waals surface area contributed by atoms with Crippen molar-refractivity contribution in [1.29, 1.82) is 0 Å². The Morgan fingerprint density at radius 1 is 1.08 bits per heavy atom. The van der Waals surface area contributed by atoms with Crippen molar-refractivity contribution in [1.82, 2.24) is 24.5 Å². The first kappa shape index (κ1) is 23.4. The number of anilines is 1. The van der Waals surface area contributed by atoms with Gasteiger partial charge in [-0.25, -0.2) is 24.3 Å². The second-order valence-corrected chi connectivity index (χ2v) is 9.25. The Morgan fingerprint density at radius 3 is 2.76 bits per heavy atom. The van der Waals surface area contributed by atoms with Gasteiger partial charge in [0.15, 0.2) is 0 Å². The number of imidazole rings is 1. The molecule has 1 aliphatic rings. The van der Waals surface area contributed by atoms with Crippen LogP contribution >= 0.6 is 11.6 Å². The highest BCUT2D eigenvalue weighted by Crippen LogP contribution is 2.40. The summed E-state index contributed by atoms with van der Waals surface area (Å²) < 4.78 is 22.3. The van der Waals surface area contributed by atoms with E-state index in [9.17, 15) is 4.39 Å². The van der Waals surface area contributed by atoms with E-state index in [0.29, 0.717) is 30.0 Å². The third-order valence-electron chi connectivity index (χ3n) is 6.48. The highest BCUT2D eigenvalue weighted by molar-refractivity contribution is 6.30. The van der Waals surface area contributed by atoms with E-state index in [1.54, 1.807) is 24.4 Å². The van der Waals surface area contributed by atoms with Gasteiger partial charge in [0.2, 0.25) is 5.95 Å². The quantitative estimate of drug-likeness (QED) is 0.255. The van der Waals surface area contributed by atoms with Crippen LogP contribution in [-0.4, -0.2) is 37.7 Å². The Morgan fingerprint density at radius 2 is 1.92 bits per heavy atom. The molecule has 0 fully saturated rings. The molecule has 0 amide bonds. The van der Waals surface area contributed by atoms with Crippen LogP contribution in [0.15, 0.2) is 66.9 Å². The van der Waals surface area contributed by atoms with E-state index in [1.807, 2.05) is 37.3 Å². The molecule has 5 aromatic rings. The van der Waals surface area contributed by atoms with Gasteiger partial charge in [0.1, 0.15) is 29.2 Å². The third kappa shape index (κ3) is 4.49. The van der Waals surface area contributed by atoms with Gasteiger partial charge in [0.05, 0.1) is 28.6 Å². The first-order valence-electron chi connectivity index (χ1n) is 12.2. The lowest BCUT2D eigenvalue weighted by Crippen LogP contribution is -2.15. The van der Waals surface area contributed by atoms with Crippen LogP contribution in [0, 0.1) is 5.82 Å². The van der Waals surface area contributed by atoms with Crippen molar-refractivity contribution in [2.24, 2.45) is 0 Å². The molecule has 6 rings (SSSR count). The molecule has 0 aliphatic carbocycles. The summed E-state index contributed by atoms with van der Waals surface area (Å²) in [6, 6.07) is 17.8. The van der Waals surface area contributed by atoms with E-state index in [4.69, 9.17) is 26.3 Å². The van der Waals surface area contributed by atoms with E-state index in [1.165, 1.54) is 12.1 Å². The minimum absolute atomic E-state index is 0.0231. The number of aryl methyl sites for hydroxylation is 1. The van der Waals surface area contributed by atoms with Gasteiger partial charge in [-0.05, 0) is 55.8 Å². The predicted molar refractivity (Wildman–Crippen MR) is 142 cm³/mol. The standard InChI is InChI=1S/C28H24ClFN6O/c1-2-31-28-32-14-13-22(34-28)27-26(17-7-9-18(30)10-8-17)35-25-12-11-19(36(25)27)16-37-23-15-24(29)33-21-6-4-3-5-20(21)23/h3-10,13-15,19H,2,11-12,16H2,1H3,(H,31,32,34)/t19-/m0/s1. The molecule has 1 atom stereocenters. The fourth-order valence-electron chi connectivity index (χ4n) is 4.84. The third-order valence-corrected chi connectivity index (χ3v) is 6.67. The van der Waals surface area contributed by atoms with Crippen LogP contribution in [-0.2, 0) is 6.42 Å². The van der Waals surface area contributed by atoms with Crippen molar-refractivity contribution in [3.05, 3.63) is 83.7 Å². The molecule has 0 spiro atoms. The normalized spacial score (nSPS) is 14.6. The molecule has 1 N–H and O–H groups in total. The number of fused-ring (bicyclic) bond motifs is 2. The van der Waals surface area contributed by atoms with Gasteiger partial charge in [-0.1, -0.05) is 23.7 Å². The fourth-order valence-corrected chi connectivity index (χ4v) is 5.03. The number of hydrogen-bond donors (Lipinski definition) is 1. The summed E-state index contributed by atoms with van der Waals surface area (Å²) >= 11 is 6.28. The molecule has 37 heavy (non-hydrogen) atoms. The summed E-state index contributed by atoms with van der Waals surface area (Å²) in [6.07, 6.45) is 3.41. The van der Waals surface area contributed by atoms with Gasteiger partial charge in [-0.15, -0.1) is 0 Å². The monoisotopic (exact) mass is 514 g/mol. The molecule has 0 radical (unpaired) electrons. The van der Waals surface area contributed by atoms with Crippen molar-refractivity contribution in [3.63, 3.8) is 0 Å². The van der Waals surface area contributed by atoms with Gasteiger partial charge >= 0.3 is 0 Å². The molecule has 0 saturated heterocycles. The van der Waals surface area contributed by atoms with Crippen molar-refractivity contribution >= 4 is 28.5 Å². The smallest absolute Gasteiger partial charge is 0.223 e. The molecular formula is C28H24ClFN6O. The lowest BCUT2D eigenvalue weighted by molar-refractivity contribution is 0.258. The SMILES string of the molecule is CCNc1nccc(-c2c(-c3ccc(F)cc3)nc3n2[C@H](COc2cc(Cl)nc4ccccc24)CC3)n1. The van der Waals surface area contributed by atoms with Crippen LogP contribution < -0.4 is 10.1 Å². The van der Waals surface area contributed by atoms with Crippen LogP contribution in [0.1, 0.15) is 25.2 Å². The average Bonchev–Trinajstić information content (AvgIpc) is 3.47. The van der Waals surface area contributed by atoms with Crippen molar-refractivity contribution < 1.29 is 9.13 Å². The van der Waals surface area contributed by atoms with Gasteiger partial charge in [-0.2, -0.15) is 0 Å². The zero-order chi connectivity index (χ0) is 25.4.